The summed E-state index contributed by atoms with van der Waals surface area (Å²) < 4.78 is 7.31. The van der Waals surface area contributed by atoms with Crippen molar-refractivity contribution < 1.29 is 4.42 Å². The highest BCUT2D eigenvalue weighted by atomic mass is 127. The number of hydrogen-bond donors (Lipinski definition) is 2. The second kappa shape index (κ2) is 8.18. The van der Waals surface area contributed by atoms with Gasteiger partial charge in [0.1, 0.15) is 5.76 Å². The lowest BCUT2D eigenvalue weighted by molar-refractivity contribution is 0.501. The molecular formula is C14H18IN5OS. The fourth-order valence-electron chi connectivity index (χ4n) is 1.94. The molecule has 0 bridgehead atoms. The first-order valence-corrected chi connectivity index (χ1v) is 7.69. The SMILES string of the molecule is CCNC(=NCc1cn2ccsc2n1)NCc1ccco1.I. The number of thiazole rings is 1. The van der Waals surface area contributed by atoms with Crippen LogP contribution in [0.3, 0.4) is 0 Å². The van der Waals surface area contributed by atoms with E-state index in [2.05, 4.69) is 20.6 Å². The van der Waals surface area contributed by atoms with Crippen molar-refractivity contribution in [3.63, 3.8) is 0 Å². The van der Waals surface area contributed by atoms with Gasteiger partial charge >= 0.3 is 0 Å². The summed E-state index contributed by atoms with van der Waals surface area (Å²) in [4.78, 5) is 10.0. The van der Waals surface area contributed by atoms with Crippen molar-refractivity contribution in [1.82, 2.24) is 20.0 Å². The quantitative estimate of drug-likeness (QED) is 0.371. The summed E-state index contributed by atoms with van der Waals surface area (Å²) in [6.45, 7) is 4.00. The van der Waals surface area contributed by atoms with Gasteiger partial charge < -0.3 is 15.1 Å². The molecule has 2 N–H and O–H groups in total. The first kappa shape index (κ1) is 16.8. The molecule has 0 saturated heterocycles. The Morgan fingerprint density at radius 2 is 2.36 bits per heavy atom. The van der Waals surface area contributed by atoms with Crippen LogP contribution in [0.5, 0.6) is 0 Å². The van der Waals surface area contributed by atoms with E-state index in [0.717, 1.165) is 28.9 Å². The van der Waals surface area contributed by atoms with Gasteiger partial charge in [-0.3, -0.25) is 4.40 Å². The van der Waals surface area contributed by atoms with Crippen LogP contribution < -0.4 is 10.6 Å². The second-order valence-electron chi connectivity index (χ2n) is 4.45. The molecule has 0 spiro atoms. The Labute approximate surface area is 149 Å². The van der Waals surface area contributed by atoms with Crippen LogP contribution in [-0.2, 0) is 13.1 Å². The third-order valence-electron chi connectivity index (χ3n) is 2.90. The molecule has 0 saturated carbocycles. The maximum Gasteiger partial charge on any atom is 0.193 e. The Balaban J connectivity index is 0.00000176. The zero-order valence-corrected chi connectivity index (χ0v) is 15.3. The van der Waals surface area contributed by atoms with Gasteiger partial charge in [0.25, 0.3) is 0 Å². The lowest BCUT2D eigenvalue weighted by atomic mass is 10.4. The van der Waals surface area contributed by atoms with Gasteiger partial charge in [0.05, 0.1) is 25.0 Å². The van der Waals surface area contributed by atoms with E-state index >= 15 is 0 Å². The van der Waals surface area contributed by atoms with Crippen molar-refractivity contribution in [2.45, 2.75) is 20.0 Å². The highest BCUT2D eigenvalue weighted by Crippen LogP contribution is 2.11. The van der Waals surface area contributed by atoms with Gasteiger partial charge in [-0.15, -0.1) is 35.3 Å². The number of imidazole rings is 1. The van der Waals surface area contributed by atoms with Crippen LogP contribution in [0.25, 0.3) is 4.96 Å². The smallest absolute Gasteiger partial charge is 0.193 e. The number of guanidine groups is 1. The van der Waals surface area contributed by atoms with E-state index < -0.39 is 0 Å². The van der Waals surface area contributed by atoms with Crippen molar-refractivity contribution in [3.05, 3.63) is 47.6 Å². The second-order valence-corrected chi connectivity index (χ2v) is 5.33. The molecule has 118 valence electrons. The summed E-state index contributed by atoms with van der Waals surface area (Å²) in [5.74, 6) is 1.63. The molecule has 0 radical (unpaired) electrons. The summed E-state index contributed by atoms with van der Waals surface area (Å²) in [7, 11) is 0. The number of fused-ring (bicyclic) bond motifs is 1. The zero-order valence-electron chi connectivity index (χ0n) is 12.2. The summed E-state index contributed by atoms with van der Waals surface area (Å²) in [6, 6.07) is 3.80. The lowest BCUT2D eigenvalue weighted by Crippen LogP contribution is -2.36. The maximum absolute atomic E-state index is 5.29. The van der Waals surface area contributed by atoms with Crippen molar-refractivity contribution in [2.24, 2.45) is 4.99 Å². The third-order valence-corrected chi connectivity index (χ3v) is 3.67. The van der Waals surface area contributed by atoms with Crippen LogP contribution in [-0.4, -0.2) is 21.9 Å². The van der Waals surface area contributed by atoms with Crippen LogP contribution >= 0.6 is 35.3 Å². The summed E-state index contributed by atoms with van der Waals surface area (Å²) in [5, 5.41) is 8.46. The van der Waals surface area contributed by atoms with Crippen LogP contribution in [0.4, 0.5) is 0 Å². The molecule has 0 aliphatic rings. The van der Waals surface area contributed by atoms with Gasteiger partial charge in [-0.05, 0) is 19.1 Å². The minimum Gasteiger partial charge on any atom is -0.467 e. The molecule has 0 atom stereocenters. The largest absolute Gasteiger partial charge is 0.467 e. The number of nitrogens with one attached hydrogen (secondary N) is 2. The van der Waals surface area contributed by atoms with Gasteiger partial charge in [0, 0.05) is 24.3 Å². The highest BCUT2D eigenvalue weighted by Gasteiger charge is 2.03. The molecule has 22 heavy (non-hydrogen) atoms. The van der Waals surface area contributed by atoms with Gasteiger partial charge in [0.15, 0.2) is 10.9 Å². The van der Waals surface area contributed by atoms with E-state index in [4.69, 9.17) is 4.42 Å². The standard InChI is InChI=1S/C14H17N5OS.HI/c1-2-15-13(17-9-12-4-3-6-20-12)16-8-11-10-19-5-7-21-14(19)18-11;/h3-7,10H,2,8-9H2,1H3,(H2,15,16,17);1H. The molecule has 0 fully saturated rings. The Morgan fingerprint density at radius 1 is 1.45 bits per heavy atom. The predicted octanol–water partition coefficient (Wildman–Crippen LogP) is 2.86. The van der Waals surface area contributed by atoms with E-state index in [0.29, 0.717) is 13.1 Å². The van der Waals surface area contributed by atoms with Gasteiger partial charge in [-0.25, -0.2) is 9.98 Å². The molecular weight excluding hydrogens is 413 g/mol. The highest BCUT2D eigenvalue weighted by molar-refractivity contribution is 14.0. The molecule has 3 aromatic rings. The fourth-order valence-corrected chi connectivity index (χ4v) is 2.66. The molecule has 0 amide bonds. The van der Waals surface area contributed by atoms with E-state index in [1.807, 2.05) is 41.2 Å². The number of nitrogens with zero attached hydrogens (tertiary/aromatic N) is 3. The van der Waals surface area contributed by atoms with Gasteiger partial charge in [-0.1, -0.05) is 0 Å². The predicted molar refractivity (Wildman–Crippen MR) is 98.8 cm³/mol. The number of furan rings is 1. The summed E-state index contributed by atoms with van der Waals surface area (Å²) >= 11 is 1.62. The molecule has 0 unspecified atom stereocenters. The molecule has 3 rings (SSSR count). The van der Waals surface area contributed by atoms with Crippen molar-refractivity contribution in [1.29, 1.82) is 0 Å². The normalized spacial score (nSPS) is 11.4. The van der Waals surface area contributed by atoms with Crippen LogP contribution in [0.2, 0.25) is 0 Å². The van der Waals surface area contributed by atoms with Crippen molar-refractivity contribution in [2.75, 3.05) is 6.54 Å². The molecule has 0 aliphatic heterocycles. The van der Waals surface area contributed by atoms with E-state index in [9.17, 15) is 0 Å². The zero-order chi connectivity index (χ0) is 14.5. The Morgan fingerprint density at radius 3 is 3.09 bits per heavy atom. The number of halogens is 1. The minimum absolute atomic E-state index is 0. The first-order valence-electron chi connectivity index (χ1n) is 6.81. The molecule has 6 nitrogen and oxygen atoms in total. The number of hydrogen-bond acceptors (Lipinski definition) is 4. The summed E-state index contributed by atoms with van der Waals surface area (Å²) in [6.07, 6.45) is 5.67. The van der Waals surface area contributed by atoms with Crippen LogP contribution in [0.1, 0.15) is 18.4 Å². The van der Waals surface area contributed by atoms with E-state index in [1.165, 1.54) is 0 Å². The Hall–Kier alpha value is -1.55. The van der Waals surface area contributed by atoms with Crippen LogP contribution in [0.15, 0.2) is 45.6 Å². The number of rotatable bonds is 5. The Kier molecular flexibility index (Phi) is 6.25. The molecule has 0 aromatic carbocycles. The average molecular weight is 431 g/mol. The third kappa shape index (κ3) is 4.23. The van der Waals surface area contributed by atoms with Crippen molar-refractivity contribution in [3.8, 4) is 0 Å². The topological polar surface area (TPSA) is 66.9 Å². The Bertz CT molecular complexity index is 690. The number of aliphatic imine (C=N–C) groups is 1. The monoisotopic (exact) mass is 431 g/mol. The van der Waals surface area contributed by atoms with Gasteiger partial charge in [-0.2, -0.15) is 0 Å². The molecule has 8 heteroatoms. The maximum atomic E-state index is 5.29. The molecule has 0 aliphatic carbocycles. The van der Waals surface area contributed by atoms with Gasteiger partial charge in [0.2, 0.25) is 0 Å². The summed E-state index contributed by atoms with van der Waals surface area (Å²) in [5.41, 5.74) is 0.956. The van der Waals surface area contributed by atoms with Crippen LogP contribution in [0, 0.1) is 0 Å². The minimum atomic E-state index is 0. The average Bonchev–Trinajstić information content (AvgIpc) is 3.18. The fraction of sp³-hybridized carbons (Fsp3) is 0.286. The lowest BCUT2D eigenvalue weighted by Gasteiger charge is -2.09. The van der Waals surface area contributed by atoms with E-state index in [-0.39, 0.29) is 24.0 Å². The van der Waals surface area contributed by atoms with E-state index in [1.54, 1.807) is 17.6 Å². The van der Waals surface area contributed by atoms with Crippen molar-refractivity contribution >= 4 is 46.2 Å². The first-order chi connectivity index (χ1) is 10.3. The molecule has 3 aromatic heterocycles. The number of aromatic nitrogens is 2. The molecule has 3 heterocycles.